The molecule has 1 aromatic rings. The van der Waals surface area contributed by atoms with E-state index in [1.807, 2.05) is 0 Å². The van der Waals surface area contributed by atoms with Crippen LogP contribution in [0.2, 0.25) is 0 Å². The number of methoxy groups -OCH3 is 1. The smallest absolute Gasteiger partial charge is 0.241 e. The molecule has 2 heterocycles. The largest absolute Gasteiger partial charge is 0.381 e. The predicted octanol–water partition coefficient (Wildman–Crippen LogP) is 1.27. The highest BCUT2D eigenvalue weighted by atomic mass is 32.2. The third-order valence-corrected chi connectivity index (χ3v) is 6.23. The van der Waals surface area contributed by atoms with Gasteiger partial charge in [0.15, 0.2) is 0 Å². The zero-order valence-electron chi connectivity index (χ0n) is 13.4. The third-order valence-electron chi connectivity index (χ3n) is 4.83. The zero-order valence-corrected chi connectivity index (χ0v) is 14.3. The molecule has 2 aliphatic heterocycles. The van der Waals surface area contributed by atoms with Gasteiger partial charge in [-0.2, -0.15) is 0 Å². The van der Waals surface area contributed by atoms with Gasteiger partial charge in [0.05, 0.1) is 17.5 Å². The van der Waals surface area contributed by atoms with Crippen LogP contribution in [0.1, 0.15) is 25.7 Å². The fourth-order valence-corrected chi connectivity index (χ4v) is 4.70. The number of carbonyl (C=O) groups excluding carboxylic acids is 1. The molecular formula is C16H21FN2O4S. The molecule has 1 N–H and O–H groups in total. The highest BCUT2D eigenvalue weighted by molar-refractivity contribution is 7.89. The minimum atomic E-state index is -3.91. The van der Waals surface area contributed by atoms with Gasteiger partial charge in [-0.15, -0.1) is 0 Å². The summed E-state index contributed by atoms with van der Waals surface area (Å²) < 4.78 is 45.2. The average Bonchev–Trinajstić information content (AvgIpc) is 2.83. The fraction of sp³-hybridized carbons (Fsp3) is 0.562. The Morgan fingerprint density at radius 3 is 2.58 bits per heavy atom. The van der Waals surface area contributed by atoms with Gasteiger partial charge in [-0.05, 0) is 43.9 Å². The number of nitrogens with zero attached hydrogens (tertiary/aromatic N) is 1. The molecule has 2 atom stereocenters. The lowest BCUT2D eigenvalue weighted by atomic mass is 9.99. The van der Waals surface area contributed by atoms with E-state index < -0.39 is 15.8 Å². The molecule has 6 nitrogen and oxygen atoms in total. The van der Waals surface area contributed by atoms with Crippen molar-refractivity contribution in [2.45, 2.75) is 48.8 Å². The van der Waals surface area contributed by atoms with Gasteiger partial charge in [-0.1, -0.05) is 6.07 Å². The highest BCUT2D eigenvalue weighted by Gasteiger charge is 2.43. The summed E-state index contributed by atoms with van der Waals surface area (Å²) >= 11 is 0. The van der Waals surface area contributed by atoms with Crippen LogP contribution in [0.25, 0.3) is 0 Å². The van der Waals surface area contributed by atoms with Gasteiger partial charge >= 0.3 is 0 Å². The van der Waals surface area contributed by atoms with Gasteiger partial charge in [0, 0.05) is 19.2 Å². The second-order valence-corrected chi connectivity index (χ2v) is 8.06. The monoisotopic (exact) mass is 356 g/mol. The number of ether oxygens (including phenoxy) is 1. The first-order valence-corrected chi connectivity index (χ1v) is 9.48. The molecule has 2 saturated heterocycles. The number of hydrogen-bond donors (Lipinski definition) is 1. The van der Waals surface area contributed by atoms with Gasteiger partial charge in [0.2, 0.25) is 15.9 Å². The van der Waals surface area contributed by atoms with E-state index in [-0.39, 0.29) is 35.5 Å². The number of amides is 1. The second kappa shape index (κ2) is 6.78. The van der Waals surface area contributed by atoms with Crippen molar-refractivity contribution in [3.05, 3.63) is 30.1 Å². The van der Waals surface area contributed by atoms with Crippen LogP contribution >= 0.6 is 0 Å². The summed E-state index contributed by atoms with van der Waals surface area (Å²) in [7, 11) is -2.23. The highest BCUT2D eigenvalue weighted by Crippen LogP contribution is 2.36. The van der Waals surface area contributed by atoms with Crippen molar-refractivity contribution < 1.29 is 22.3 Å². The van der Waals surface area contributed by atoms with Crippen LogP contribution in [0, 0.1) is 5.82 Å². The van der Waals surface area contributed by atoms with Crippen molar-refractivity contribution in [2.75, 3.05) is 13.7 Å². The van der Waals surface area contributed by atoms with E-state index in [4.69, 9.17) is 4.74 Å². The number of rotatable bonds is 5. The SMILES string of the molecule is COC1CC2CCC(C1)N2C(=O)CNS(=O)(=O)c1cccc(F)c1. The lowest BCUT2D eigenvalue weighted by Gasteiger charge is -2.38. The number of hydrogen-bond acceptors (Lipinski definition) is 4. The summed E-state index contributed by atoms with van der Waals surface area (Å²) in [5.74, 6) is -0.874. The zero-order chi connectivity index (χ0) is 17.3. The van der Waals surface area contributed by atoms with Crippen LogP contribution < -0.4 is 4.72 Å². The number of fused-ring (bicyclic) bond motifs is 2. The van der Waals surface area contributed by atoms with Crippen molar-refractivity contribution in [1.29, 1.82) is 0 Å². The van der Waals surface area contributed by atoms with Gasteiger partial charge in [-0.3, -0.25) is 4.79 Å². The van der Waals surface area contributed by atoms with E-state index in [0.717, 1.165) is 31.7 Å². The first-order valence-electron chi connectivity index (χ1n) is 8.00. The van der Waals surface area contributed by atoms with Gasteiger partial charge in [0.1, 0.15) is 5.82 Å². The van der Waals surface area contributed by atoms with E-state index in [1.165, 1.54) is 18.2 Å². The standard InChI is InChI=1S/C16H21FN2O4S/c1-23-14-8-12-5-6-13(9-14)19(12)16(20)10-18-24(21,22)15-4-2-3-11(17)7-15/h2-4,7,12-14,18H,5-6,8-10H2,1H3. The molecule has 2 fully saturated rings. The number of benzene rings is 1. The molecule has 24 heavy (non-hydrogen) atoms. The van der Waals surface area contributed by atoms with E-state index in [2.05, 4.69) is 4.72 Å². The Morgan fingerprint density at radius 1 is 1.33 bits per heavy atom. The van der Waals surface area contributed by atoms with E-state index in [0.29, 0.717) is 0 Å². The Morgan fingerprint density at radius 2 is 2.00 bits per heavy atom. The maximum atomic E-state index is 13.2. The van der Waals surface area contributed by atoms with Crippen molar-refractivity contribution >= 4 is 15.9 Å². The van der Waals surface area contributed by atoms with Crippen LogP contribution in [0.15, 0.2) is 29.2 Å². The van der Waals surface area contributed by atoms with Gasteiger partial charge < -0.3 is 9.64 Å². The molecule has 0 saturated carbocycles. The molecule has 0 aromatic heterocycles. The van der Waals surface area contributed by atoms with Crippen molar-refractivity contribution in [2.24, 2.45) is 0 Å². The Kier molecular flexibility index (Phi) is 4.89. The number of sulfonamides is 1. The number of halogens is 1. The van der Waals surface area contributed by atoms with Crippen LogP contribution in [-0.4, -0.2) is 51.1 Å². The fourth-order valence-electron chi connectivity index (χ4n) is 3.69. The second-order valence-electron chi connectivity index (χ2n) is 6.30. The van der Waals surface area contributed by atoms with Crippen LogP contribution in [-0.2, 0) is 19.6 Å². The third kappa shape index (κ3) is 3.45. The van der Waals surface area contributed by atoms with Gasteiger partial charge in [-0.25, -0.2) is 17.5 Å². The molecule has 8 heteroatoms. The van der Waals surface area contributed by atoms with E-state index in [9.17, 15) is 17.6 Å². The van der Waals surface area contributed by atoms with Crippen molar-refractivity contribution in [3.63, 3.8) is 0 Å². The molecule has 132 valence electrons. The quantitative estimate of drug-likeness (QED) is 0.862. The summed E-state index contributed by atoms with van der Waals surface area (Å²) in [6, 6.07) is 4.94. The molecule has 3 rings (SSSR count). The van der Waals surface area contributed by atoms with E-state index in [1.54, 1.807) is 12.0 Å². The minimum absolute atomic E-state index is 0.111. The lowest BCUT2D eigenvalue weighted by Crippen LogP contribution is -2.51. The summed E-state index contributed by atoms with van der Waals surface area (Å²) in [5, 5.41) is 0. The Bertz CT molecular complexity index is 711. The van der Waals surface area contributed by atoms with Crippen LogP contribution in [0.4, 0.5) is 4.39 Å². The topological polar surface area (TPSA) is 75.7 Å². The predicted molar refractivity (Wildman–Crippen MR) is 85.3 cm³/mol. The van der Waals surface area contributed by atoms with Crippen LogP contribution in [0.3, 0.4) is 0 Å². The molecular weight excluding hydrogens is 335 g/mol. The molecule has 2 aliphatic rings. The summed E-state index contributed by atoms with van der Waals surface area (Å²) in [6.07, 6.45) is 3.58. The summed E-state index contributed by atoms with van der Waals surface area (Å²) in [6.45, 7) is -0.316. The van der Waals surface area contributed by atoms with E-state index >= 15 is 0 Å². The normalized spacial score (nSPS) is 26.6. The molecule has 2 unspecified atom stereocenters. The molecule has 0 spiro atoms. The first-order chi connectivity index (χ1) is 11.4. The van der Waals surface area contributed by atoms with Crippen molar-refractivity contribution in [1.82, 2.24) is 9.62 Å². The maximum absolute atomic E-state index is 13.2. The summed E-state index contributed by atoms with van der Waals surface area (Å²) in [5.41, 5.74) is 0. The van der Waals surface area contributed by atoms with Gasteiger partial charge in [0.25, 0.3) is 0 Å². The number of carbonyl (C=O) groups is 1. The molecule has 1 amide bonds. The first kappa shape index (κ1) is 17.3. The van der Waals surface area contributed by atoms with Crippen molar-refractivity contribution in [3.8, 4) is 0 Å². The minimum Gasteiger partial charge on any atom is -0.381 e. The molecule has 0 radical (unpaired) electrons. The maximum Gasteiger partial charge on any atom is 0.241 e. The number of piperidine rings is 1. The Hall–Kier alpha value is -1.51. The average molecular weight is 356 g/mol. The molecule has 1 aromatic carbocycles. The Labute approximate surface area is 141 Å². The van der Waals surface area contributed by atoms with Crippen LogP contribution in [0.5, 0.6) is 0 Å². The number of nitrogens with one attached hydrogen (secondary N) is 1. The molecule has 0 aliphatic carbocycles. The summed E-state index contributed by atoms with van der Waals surface area (Å²) in [4.78, 5) is 14.1. The molecule has 2 bridgehead atoms. The lowest BCUT2D eigenvalue weighted by molar-refractivity contribution is -0.136. The Balaban J connectivity index is 1.64.